The minimum Gasteiger partial charge on any atom is -0.381 e. The van der Waals surface area contributed by atoms with Crippen LogP contribution in [0.1, 0.15) is 47.0 Å². The van der Waals surface area contributed by atoms with Gasteiger partial charge in [0.15, 0.2) is 0 Å². The van der Waals surface area contributed by atoms with Crippen molar-refractivity contribution in [1.29, 1.82) is 0 Å². The molecule has 0 aliphatic carbocycles. The number of Topliss-reactive ketones (excluding diaryl/α,β-unsaturated/α-hetero) is 2. The standard InChI is InChI=1S/C12H22O3/c1-5-8-15-9-6-7-11(14)12(3,4)10(2)13/h5-9H2,1-4H3. The van der Waals surface area contributed by atoms with Crippen LogP contribution in [0.3, 0.4) is 0 Å². The largest absolute Gasteiger partial charge is 0.381 e. The maximum Gasteiger partial charge on any atom is 0.145 e. The van der Waals surface area contributed by atoms with Crippen molar-refractivity contribution in [1.82, 2.24) is 0 Å². The summed E-state index contributed by atoms with van der Waals surface area (Å²) in [6.45, 7) is 8.22. The zero-order valence-corrected chi connectivity index (χ0v) is 10.3. The van der Waals surface area contributed by atoms with Gasteiger partial charge in [-0.3, -0.25) is 9.59 Å². The first-order chi connectivity index (χ1) is 6.92. The van der Waals surface area contributed by atoms with Gasteiger partial charge in [-0.15, -0.1) is 0 Å². The monoisotopic (exact) mass is 214 g/mol. The van der Waals surface area contributed by atoms with E-state index in [1.54, 1.807) is 13.8 Å². The molecule has 0 saturated heterocycles. The Morgan fingerprint density at radius 2 is 1.80 bits per heavy atom. The predicted octanol–water partition coefficient (Wildman–Crippen LogP) is 2.38. The highest BCUT2D eigenvalue weighted by atomic mass is 16.5. The molecule has 0 bridgehead atoms. The maximum absolute atomic E-state index is 11.7. The van der Waals surface area contributed by atoms with E-state index >= 15 is 0 Å². The molecule has 0 saturated carbocycles. The Hall–Kier alpha value is -0.700. The second-order valence-electron chi connectivity index (χ2n) is 4.32. The number of hydrogen-bond donors (Lipinski definition) is 0. The maximum atomic E-state index is 11.7. The number of carbonyl (C=O) groups excluding carboxylic acids is 2. The van der Waals surface area contributed by atoms with E-state index in [0.29, 0.717) is 19.4 Å². The molecule has 0 atom stereocenters. The van der Waals surface area contributed by atoms with Crippen LogP contribution in [0.15, 0.2) is 0 Å². The molecule has 88 valence electrons. The van der Waals surface area contributed by atoms with Crippen molar-refractivity contribution in [3.05, 3.63) is 0 Å². The molecule has 0 aliphatic heterocycles. The molecule has 0 rings (SSSR count). The van der Waals surface area contributed by atoms with Crippen LogP contribution < -0.4 is 0 Å². The molecule has 0 fully saturated rings. The third-order valence-electron chi connectivity index (χ3n) is 2.62. The van der Waals surface area contributed by atoms with Crippen molar-refractivity contribution in [2.24, 2.45) is 5.41 Å². The summed E-state index contributed by atoms with van der Waals surface area (Å²) in [6.07, 6.45) is 2.12. The van der Waals surface area contributed by atoms with Gasteiger partial charge in [0.05, 0.1) is 5.41 Å². The molecule has 3 nitrogen and oxygen atoms in total. The van der Waals surface area contributed by atoms with E-state index < -0.39 is 5.41 Å². The molecule has 0 spiro atoms. The lowest BCUT2D eigenvalue weighted by Crippen LogP contribution is -2.31. The lowest BCUT2D eigenvalue weighted by Gasteiger charge is -2.19. The van der Waals surface area contributed by atoms with Gasteiger partial charge in [0, 0.05) is 19.6 Å². The highest BCUT2D eigenvalue weighted by Crippen LogP contribution is 2.20. The van der Waals surface area contributed by atoms with Crippen LogP contribution in [0.25, 0.3) is 0 Å². The molecule has 15 heavy (non-hydrogen) atoms. The molecular formula is C12H22O3. The van der Waals surface area contributed by atoms with Crippen LogP contribution in [0.5, 0.6) is 0 Å². The smallest absolute Gasteiger partial charge is 0.145 e. The molecule has 0 radical (unpaired) electrons. The Kier molecular flexibility index (Phi) is 6.41. The number of carbonyl (C=O) groups is 2. The van der Waals surface area contributed by atoms with Crippen LogP contribution in [0.4, 0.5) is 0 Å². The van der Waals surface area contributed by atoms with E-state index in [-0.39, 0.29) is 11.6 Å². The van der Waals surface area contributed by atoms with Crippen molar-refractivity contribution < 1.29 is 14.3 Å². The van der Waals surface area contributed by atoms with Crippen molar-refractivity contribution in [3.63, 3.8) is 0 Å². The number of rotatable bonds is 8. The molecule has 0 aromatic rings. The summed E-state index contributed by atoms with van der Waals surface area (Å²) in [5, 5.41) is 0. The first-order valence-corrected chi connectivity index (χ1v) is 5.55. The van der Waals surface area contributed by atoms with Crippen molar-refractivity contribution in [2.75, 3.05) is 13.2 Å². The summed E-state index contributed by atoms with van der Waals surface area (Å²) < 4.78 is 5.27. The van der Waals surface area contributed by atoms with Gasteiger partial charge in [-0.1, -0.05) is 6.92 Å². The van der Waals surface area contributed by atoms with Crippen molar-refractivity contribution >= 4 is 11.6 Å². The summed E-state index contributed by atoms with van der Waals surface area (Å²) in [6, 6.07) is 0. The Morgan fingerprint density at radius 1 is 1.20 bits per heavy atom. The average molecular weight is 214 g/mol. The Bertz CT molecular complexity index is 219. The Labute approximate surface area is 92.2 Å². The third kappa shape index (κ3) is 5.07. The summed E-state index contributed by atoms with van der Waals surface area (Å²) >= 11 is 0. The van der Waals surface area contributed by atoms with Crippen LogP contribution in [-0.4, -0.2) is 24.8 Å². The molecule has 3 heteroatoms. The summed E-state index contributed by atoms with van der Waals surface area (Å²) in [5.41, 5.74) is -0.829. The first-order valence-electron chi connectivity index (χ1n) is 5.55. The van der Waals surface area contributed by atoms with E-state index in [0.717, 1.165) is 13.0 Å². The molecular weight excluding hydrogens is 192 g/mol. The first kappa shape index (κ1) is 14.3. The SMILES string of the molecule is CCCOCCCC(=O)C(C)(C)C(C)=O. The minimum atomic E-state index is -0.829. The second-order valence-corrected chi connectivity index (χ2v) is 4.32. The van der Waals surface area contributed by atoms with Gasteiger partial charge in [0.2, 0.25) is 0 Å². The molecule has 0 aromatic carbocycles. The highest BCUT2D eigenvalue weighted by molar-refractivity contribution is 6.05. The van der Waals surface area contributed by atoms with Gasteiger partial charge in [-0.2, -0.15) is 0 Å². The van der Waals surface area contributed by atoms with E-state index in [4.69, 9.17) is 4.74 Å². The second kappa shape index (κ2) is 6.72. The Morgan fingerprint density at radius 3 is 2.27 bits per heavy atom. The number of ether oxygens (including phenoxy) is 1. The van der Waals surface area contributed by atoms with Gasteiger partial charge >= 0.3 is 0 Å². The van der Waals surface area contributed by atoms with Gasteiger partial charge in [0.1, 0.15) is 11.6 Å². The topological polar surface area (TPSA) is 43.4 Å². The fourth-order valence-electron chi connectivity index (χ4n) is 1.09. The van der Waals surface area contributed by atoms with E-state index in [1.165, 1.54) is 6.92 Å². The fraction of sp³-hybridized carbons (Fsp3) is 0.833. The van der Waals surface area contributed by atoms with Crippen LogP contribution >= 0.6 is 0 Å². The lowest BCUT2D eigenvalue weighted by molar-refractivity contribution is -0.137. The highest BCUT2D eigenvalue weighted by Gasteiger charge is 2.31. The van der Waals surface area contributed by atoms with E-state index in [9.17, 15) is 9.59 Å². The zero-order valence-electron chi connectivity index (χ0n) is 10.3. The normalized spacial score (nSPS) is 11.5. The van der Waals surface area contributed by atoms with Gasteiger partial charge < -0.3 is 4.74 Å². The molecule has 0 unspecified atom stereocenters. The van der Waals surface area contributed by atoms with E-state index in [1.807, 2.05) is 6.92 Å². The van der Waals surface area contributed by atoms with Crippen LogP contribution in [-0.2, 0) is 14.3 Å². The van der Waals surface area contributed by atoms with Gasteiger partial charge in [0.25, 0.3) is 0 Å². The lowest BCUT2D eigenvalue weighted by atomic mass is 9.82. The van der Waals surface area contributed by atoms with E-state index in [2.05, 4.69) is 0 Å². The third-order valence-corrected chi connectivity index (χ3v) is 2.62. The van der Waals surface area contributed by atoms with Crippen LogP contribution in [0.2, 0.25) is 0 Å². The molecule has 0 amide bonds. The van der Waals surface area contributed by atoms with Gasteiger partial charge in [-0.25, -0.2) is 0 Å². The zero-order chi connectivity index (χ0) is 11.9. The fourth-order valence-corrected chi connectivity index (χ4v) is 1.09. The molecule has 0 aromatic heterocycles. The summed E-state index contributed by atoms with van der Waals surface area (Å²) in [4.78, 5) is 22.9. The number of hydrogen-bond acceptors (Lipinski definition) is 3. The molecule has 0 aliphatic rings. The summed E-state index contributed by atoms with van der Waals surface area (Å²) in [5.74, 6) is -0.0583. The van der Waals surface area contributed by atoms with Crippen molar-refractivity contribution in [2.45, 2.75) is 47.0 Å². The number of ketones is 2. The minimum absolute atomic E-state index is 0.00935. The van der Waals surface area contributed by atoms with Crippen LogP contribution in [0, 0.1) is 5.41 Å². The van der Waals surface area contributed by atoms with Gasteiger partial charge in [-0.05, 0) is 33.6 Å². The molecule has 0 heterocycles. The molecule has 0 N–H and O–H groups in total. The summed E-state index contributed by atoms with van der Waals surface area (Å²) in [7, 11) is 0. The van der Waals surface area contributed by atoms with Crippen molar-refractivity contribution in [3.8, 4) is 0 Å². The quantitative estimate of drug-likeness (QED) is 0.460. The Balaban J connectivity index is 3.79. The predicted molar refractivity (Wildman–Crippen MR) is 59.8 cm³/mol. The average Bonchev–Trinajstić information content (AvgIpc) is 2.16.